The molecule has 1 aromatic carbocycles. The molecule has 0 saturated heterocycles. The molecule has 0 aliphatic heterocycles. The number of para-hydroxylation sites is 1. The average Bonchev–Trinajstić information content (AvgIpc) is 2.37. The number of aliphatic carboxylic acids is 1. The highest BCUT2D eigenvalue weighted by Crippen LogP contribution is 2.21. The number of anilines is 1. The molecule has 1 amide bonds. The number of benzene rings is 1. The van der Waals surface area contributed by atoms with Crippen molar-refractivity contribution < 1.29 is 14.7 Å². The maximum atomic E-state index is 11.7. The van der Waals surface area contributed by atoms with Crippen LogP contribution >= 0.6 is 11.6 Å². The van der Waals surface area contributed by atoms with E-state index in [9.17, 15) is 14.7 Å². The molecule has 0 aromatic heterocycles. The summed E-state index contributed by atoms with van der Waals surface area (Å²) in [7, 11) is 0. The highest BCUT2D eigenvalue weighted by Gasteiger charge is 2.12. The molecule has 104 valence electrons. The van der Waals surface area contributed by atoms with Crippen LogP contribution in [-0.4, -0.2) is 11.9 Å². The van der Waals surface area contributed by atoms with Crippen LogP contribution in [0.2, 0.25) is 5.02 Å². The van der Waals surface area contributed by atoms with Gasteiger partial charge in [-0.15, -0.1) is 0 Å². The van der Waals surface area contributed by atoms with Crippen molar-refractivity contribution in [3.05, 3.63) is 29.3 Å². The van der Waals surface area contributed by atoms with Crippen LogP contribution in [0.5, 0.6) is 0 Å². The molecule has 0 fully saturated rings. The Morgan fingerprint density at radius 2 is 2.00 bits per heavy atom. The monoisotopic (exact) mass is 282 g/mol. The van der Waals surface area contributed by atoms with Crippen LogP contribution in [0.15, 0.2) is 24.3 Å². The molecule has 0 aliphatic carbocycles. The Balaban J connectivity index is 2.47. The normalized spacial score (nSPS) is 11.9. The number of nitrogens with one attached hydrogen (secondary N) is 1. The molecule has 19 heavy (non-hydrogen) atoms. The Kier molecular flexibility index (Phi) is 6.36. The van der Waals surface area contributed by atoms with Crippen LogP contribution in [0.3, 0.4) is 0 Å². The third kappa shape index (κ3) is 5.30. The van der Waals surface area contributed by atoms with Gasteiger partial charge >= 0.3 is 0 Å². The van der Waals surface area contributed by atoms with Gasteiger partial charge in [-0.1, -0.05) is 37.1 Å². The van der Waals surface area contributed by atoms with E-state index in [1.165, 1.54) is 0 Å². The number of carbonyl (C=O) groups is 2. The molecule has 0 saturated carbocycles. The molecule has 5 heteroatoms. The molecule has 1 rings (SSSR count). The number of carboxylic acids is 1. The predicted octanol–water partition coefficient (Wildman–Crippen LogP) is 2.22. The molecule has 1 N–H and O–H groups in total. The van der Waals surface area contributed by atoms with Gasteiger partial charge in [-0.2, -0.15) is 0 Å². The number of hydrogen-bond acceptors (Lipinski definition) is 3. The van der Waals surface area contributed by atoms with Gasteiger partial charge in [0.1, 0.15) is 0 Å². The quantitative estimate of drug-likeness (QED) is 0.834. The zero-order chi connectivity index (χ0) is 14.3. The lowest BCUT2D eigenvalue weighted by Crippen LogP contribution is -2.32. The first-order valence-electron chi connectivity index (χ1n) is 6.29. The average molecular weight is 283 g/mol. The van der Waals surface area contributed by atoms with Crippen molar-refractivity contribution in [3.63, 3.8) is 0 Å². The fourth-order valence-electron chi connectivity index (χ4n) is 1.81. The van der Waals surface area contributed by atoms with Gasteiger partial charge in [0.05, 0.1) is 10.7 Å². The van der Waals surface area contributed by atoms with E-state index in [0.717, 1.165) is 6.42 Å². The fourth-order valence-corrected chi connectivity index (χ4v) is 1.99. The van der Waals surface area contributed by atoms with Crippen molar-refractivity contribution >= 4 is 29.2 Å². The van der Waals surface area contributed by atoms with E-state index < -0.39 is 11.9 Å². The maximum Gasteiger partial charge on any atom is 0.224 e. The van der Waals surface area contributed by atoms with Crippen molar-refractivity contribution in [2.24, 2.45) is 5.92 Å². The predicted molar refractivity (Wildman–Crippen MR) is 72.7 cm³/mol. The number of halogens is 1. The van der Waals surface area contributed by atoms with Gasteiger partial charge in [-0.25, -0.2) is 0 Å². The number of rotatable bonds is 7. The summed E-state index contributed by atoms with van der Waals surface area (Å²) in [6.07, 6.45) is 1.71. The first kappa shape index (κ1) is 15.5. The second-order valence-corrected chi connectivity index (χ2v) is 4.78. The SMILES string of the molecule is CCC[C@@H](CCC(=O)Nc1ccccc1Cl)C(=O)[O-]. The van der Waals surface area contributed by atoms with Crippen molar-refractivity contribution in [2.45, 2.75) is 32.6 Å². The molecule has 0 bridgehead atoms. The van der Waals surface area contributed by atoms with E-state index in [1.807, 2.05) is 6.92 Å². The fraction of sp³-hybridized carbons (Fsp3) is 0.429. The Morgan fingerprint density at radius 1 is 1.32 bits per heavy atom. The summed E-state index contributed by atoms with van der Waals surface area (Å²) in [5, 5.41) is 14.0. The second kappa shape index (κ2) is 7.79. The highest BCUT2D eigenvalue weighted by molar-refractivity contribution is 6.33. The third-order valence-electron chi connectivity index (χ3n) is 2.84. The first-order chi connectivity index (χ1) is 9.04. The summed E-state index contributed by atoms with van der Waals surface area (Å²) in [4.78, 5) is 22.6. The lowest BCUT2D eigenvalue weighted by atomic mass is 9.98. The van der Waals surface area contributed by atoms with Crippen LogP contribution in [0, 0.1) is 5.92 Å². The minimum absolute atomic E-state index is 0.143. The van der Waals surface area contributed by atoms with Gasteiger partial charge in [0.2, 0.25) is 5.91 Å². The van der Waals surface area contributed by atoms with Crippen molar-refractivity contribution in [2.75, 3.05) is 5.32 Å². The lowest BCUT2D eigenvalue weighted by molar-refractivity contribution is -0.312. The number of amides is 1. The largest absolute Gasteiger partial charge is 0.550 e. The Hall–Kier alpha value is -1.55. The second-order valence-electron chi connectivity index (χ2n) is 4.37. The van der Waals surface area contributed by atoms with Gasteiger partial charge in [0.25, 0.3) is 0 Å². The van der Waals surface area contributed by atoms with E-state index in [4.69, 9.17) is 11.6 Å². The van der Waals surface area contributed by atoms with Gasteiger partial charge < -0.3 is 15.2 Å². The first-order valence-corrected chi connectivity index (χ1v) is 6.67. The topological polar surface area (TPSA) is 69.2 Å². The molecule has 0 unspecified atom stereocenters. The summed E-state index contributed by atoms with van der Waals surface area (Å²) in [5.41, 5.74) is 0.537. The van der Waals surface area contributed by atoms with Crippen molar-refractivity contribution in [1.29, 1.82) is 0 Å². The van der Waals surface area contributed by atoms with Crippen LogP contribution in [0.1, 0.15) is 32.6 Å². The highest BCUT2D eigenvalue weighted by atomic mass is 35.5. The van der Waals surface area contributed by atoms with Gasteiger partial charge in [-0.05, 0) is 30.9 Å². The summed E-state index contributed by atoms with van der Waals surface area (Å²) in [5.74, 6) is -1.90. The number of carboxylic acid groups (broad SMARTS) is 1. The Labute approximate surface area is 117 Å². The number of carbonyl (C=O) groups excluding carboxylic acids is 2. The standard InChI is InChI=1S/C14H18ClNO3/c1-2-5-10(14(18)19)8-9-13(17)16-12-7-4-3-6-11(12)15/h3-4,6-7,10H,2,5,8-9H2,1H3,(H,16,17)(H,18,19)/p-1/t10-/m0/s1. The molecule has 1 aromatic rings. The van der Waals surface area contributed by atoms with Crippen LogP contribution in [-0.2, 0) is 9.59 Å². The third-order valence-corrected chi connectivity index (χ3v) is 3.17. The molecule has 0 heterocycles. The molecular formula is C14H17ClNO3-. The van der Waals surface area contributed by atoms with Crippen molar-refractivity contribution in [3.8, 4) is 0 Å². The minimum atomic E-state index is -1.09. The Morgan fingerprint density at radius 3 is 2.58 bits per heavy atom. The van der Waals surface area contributed by atoms with Gasteiger partial charge in [0, 0.05) is 12.4 Å². The molecular weight excluding hydrogens is 266 g/mol. The molecule has 1 atom stereocenters. The van der Waals surface area contributed by atoms with E-state index >= 15 is 0 Å². The molecule has 0 spiro atoms. The summed E-state index contributed by atoms with van der Waals surface area (Å²) in [6.45, 7) is 1.90. The lowest BCUT2D eigenvalue weighted by Gasteiger charge is -2.16. The van der Waals surface area contributed by atoms with E-state index in [1.54, 1.807) is 24.3 Å². The Bertz CT molecular complexity index is 448. The molecule has 0 aliphatic rings. The molecule has 4 nitrogen and oxygen atoms in total. The van der Waals surface area contributed by atoms with E-state index in [-0.39, 0.29) is 18.7 Å². The minimum Gasteiger partial charge on any atom is -0.550 e. The zero-order valence-electron chi connectivity index (χ0n) is 10.8. The van der Waals surface area contributed by atoms with Gasteiger partial charge in [-0.3, -0.25) is 4.79 Å². The smallest absolute Gasteiger partial charge is 0.224 e. The van der Waals surface area contributed by atoms with E-state index in [2.05, 4.69) is 5.32 Å². The van der Waals surface area contributed by atoms with E-state index in [0.29, 0.717) is 17.1 Å². The van der Waals surface area contributed by atoms with Gasteiger partial charge in [0.15, 0.2) is 0 Å². The van der Waals surface area contributed by atoms with Crippen LogP contribution in [0.25, 0.3) is 0 Å². The summed E-state index contributed by atoms with van der Waals surface area (Å²) in [6, 6.07) is 6.91. The van der Waals surface area contributed by atoms with Crippen LogP contribution < -0.4 is 10.4 Å². The summed E-state index contributed by atoms with van der Waals surface area (Å²) < 4.78 is 0. The zero-order valence-corrected chi connectivity index (χ0v) is 11.6. The number of hydrogen-bond donors (Lipinski definition) is 1. The maximum absolute atomic E-state index is 11.7. The molecule has 0 radical (unpaired) electrons. The van der Waals surface area contributed by atoms with Crippen LogP contribution in [0.4, 0.5) is 5.69 Å². The van der Waals surface area contributed by atoms with Crippen molar-refractivity contribution in [1.82, 2.24) is 0 Å². The summed E-state index contributed by atoms with van der Waals surface area (Å²) >= 11 is 5.91.